The fraction of sp³-hybridized carbons (Fsp3) is 0.647. The van der Waals surface area contributed by atoms with Crippen LogP contribution in [0.1, 0.15) is 45.6 Å². The summed E-state index contributed by atoms with van der Waals surface area (Å²) in [5.41, 5.74) is 1.22. The fourth-order valence-electron chi connectivity index (χ4n) is 3.01. The van der Waals surface area contributed by atoms with Crippen molar-refractivity contribution in [3.05, 3.63) is 22.4 Å². The zero-order chi connectivity index (χ0) is 16.8. The van der Waals surface area contributed by atoms with Crippen molar-refractivity contribution in [2.24, 2.45) is 0 Å². The fourth-order valence-corrected chi connectivity index (χ4v) is 3.69. The molecule has 3 amide bonds. The van der Waals surface area contributed by atoms with E-state index in [0.717, 1.165) is 25.8 Å². The van der Waals surface area contributed by atoms with Gasteiger partial charge in [0.05, 0.1) is 0 Å². The molecule has 0 bridgehead atoms. The minimum Gasteiger partial charge on any atom is -0.338 e. The summed E-state index contributed by atoms with van der Waals surface area (Å²) in [5.74, 6) is 0.0119. The van der Waals surface area contributed by atoms with Gasteiger partial charge in [0.25, 0.3) is 0 Å². The van der Waals surface area contributed by atoms with E-state index in [2.05, 4.69) is 29.0 Å². The van der Waals surface area contributed by atoms with Crippen LogP contribution in [0, 0.1) is 0 Å². The zero-order valence-corrected chi connectivity index (χ0v) is 15.0. The van der Waals surface area contributed by atoms with Crippen LogP contribution in [0.25, 0.3) is 0 Å². The maximum Gasteiger partial charge on any atom is 0.315 e. The highest BCUT2D eigenvalue weighted by atomic mass is 32.1. The molecule has 1 aromatic rings. The van der Waals surface area contributed by atoms with Gasteiger partial charge < -0.3 is 15.5 Å². The average molecular weight is 337 g/mol. The van der Waals surface area contributed by atoms with Gasteiger partial charge in [-0.05, 0) is 68.8 Å². The highest BCUT2D eigenvalue weighted by Crippen LogP contribution is 2.17. The summed E-state index contributed by atoms with van der Waals surface area (Å²) < 4.78 is 0. The average Bonchev–Trinajstić information content (AvgIpc) is 2.99. The van der Waals surface area contributed by atoms with Crippen LogP contribution < -0.4 is 10.6 Å². The second-order valence-electron chi connectivity index (χ2n) is 6.45. The summed E-state index contributed by atoms with van der Waals surface area (Å²) in [5, 5.41) is 9.79. The number of urea groups is 1. The maximum atomic E-state index is 12.5. The van der Waals surface area contributed by atoms with Gasteiger partial charge in [0.2, 0.25) is 5.91 Å². The Morgan fingerprint density at radius 3 is 2.78 bits per heavy atom. The van der Waals surface area contributed by atoms with Gasteiger partial charge in [-0.2, -0.15) is 11.3 Å². The summed E-state index contributed by atoms with van der Waals surface area (Å²) in [7, 11) is 0. The molecule has 2 N–H and O–H groups in total. The topological polar surface area (TPSA) is 61.4 Å². The molecule has 128 valence electrons. The SMILES string of the molecule is C[C@H](Cc1ccsc1)NC(=O)N[C@H](C)C(=O)N1CCCC[C@H]1C. The number of hydrogen-bond donors (Lipinski definition) is 2. The lowest BCUT2D eigenvalue weighted by atomic mass is 10.0. The largest absolute Gasteiger partial charge is 0.338 e. The lowest BCUT2D eigenvalue weighted by Gasteiger charge is -2.35. The van der Waals surface area contributed by atoms with E-state index in [1.54, 1.807) is 18.3 Å². The Hall–Kier alpha value is -1.56. The highest BCUT2D eigenvalue weighted by Gasteiger charge is 2.27. The normalized spacial score (nSPS) is 20.7. The molecule has 0 saturated carbocycles. The molecular weight excluding hydrogens is 310 g/mol. The van der Waals surface area contributed by atoms with E-state index in [1.165, 1.54) is 12.0 Å². The van der Waals surface area contributed by atoms with Crippen LogP contribution in [0.4, 0.5) is 4.79 Å². The second kappa shape index (κ2) is 8.34. The summed E-state index contributed by atoms with van der Waals surface area (Å²) >= 11 is 1.65. The van der Waals surface area contributed by atoms with Gasteiger partial charge in [0.15, 0.2) is 0 Å². The quantitative estimate of drug-likeness (QED) is 0.868. The molecule has 1 aromatic heterocycles. The Morgan fingerprint density at radius 2 is 2.13 bits per heavy atom. The molecule has 0 aromatic carbocycles. The predicted molar refractivity (Wildman–Crippen MR) is 93.6 cm³/mol. The summed E-state index contributed by atoms with van der Waals surface area (Å²) in [6, 6.07) is 1.58. The lowest BCUT2D eigenvalue weighted by Crippen LogP contribution is -2.54. The molecule has 2 heterocycles. The van der Waals surface area contributed by atoms with E-state index in [4.69, 9.17) is 0 Å². The first-order valence-electron chi connectivity index (χ1n) is 8.36. The number of amides is 3. The van der Waals surface area contributed by atoms with Crippen LogP contribution in [0.3, 0.4) is 0 Å². The summed E-state index contributed by atoms with van der Waals surface area (Å²) in [6.45, 7) is 6.60. The zero-order valence-electron chi connectivity index (χ0n) is 14.2. The van der Waals surface area contributed by atoms with E-state index in [-0.39, 0.29) is 24.0 Å². The van der Waals surface area contributed by atoms with Crippen molar-refractivity contribution < 1.29 is 9.59 Å². The molecule has 1 saturated heterocycles. The van der Waals surface area contributed by atoms with Crippen LogP contribution in [0.2, 0.25) is 0 Å². The number of nitrogens with one attached hydrogen (secondary N) is 2. The Morgan fingerprint density at radius 1 is 1.35 bits per heavy atom. The minimum absolute atomic E-state index is 0.0119. The first kappa shape index (κ1) is 17.8. The van der Waals surface area contributed by atoms with Crippen LogP contribution in [0.5, 0.6) is 0 Å². The molecule has 0 spiro atoms. The molecule has 5 nitrogen and oxygen atoms in total. The molecule has 0 radical (unpaired) electrons. The molecular formula is C17H27N3O2S. The van der Waals surface area contributed by atoms with Crippen molar-refractivity contribution in [2.75, 3.05) is 6.54 Å². The van der Waals surface area contributed by atoms with Gasteiger partial charge in [-0.3, -0.25) is 4.79 Å². The first-order valence-corrected chi connectivity index (χ1v) is 9.30. The highest BCUT2D eigenvalue weighted by molar-refractivity contribution is 7.07. The van der Waals surface area contributed by atoms with Crippen molar-refractivity contribution in [3.63, 3.8) is 0 Å². The molecule has 3 atom stereocenters. The molecule has 0 aliphatic carbocycles. The number of nitrogens with zero attached hydrogens (tertiary/aromatic N) is 1. The minimum atomic E-state index is -0.496. The van der Waals surface area contributed by atoms with Crippen LogP contribution >= 0.6 is 11.3 Å². The third kappa shape index (κ3) is 5.23. The van der Waals surface area contributed by atoms with Gasteiger partial charge in [0.1, 0.15) is 6.04 Å². The van der Waals surface area contributed by atoms with Gasteiger partial charge in [0, 0.05) is 18.6 Å². The molecule has 1 aliphatic heterocycles. The summed E-state index contributed by atoms with van der Waals surface area (Å²) in [4.78, 5) is 26.4. The van der Waals surface area contributed by atoms with Gasteiger partial charge in [-0.25, -0.2) is 4.79 Å². The molecule has 1 fully saturated rings. The lowest BCUT2D eigenvalue weighted by molar-refractivity contribution is -0.136. The maximum absolute atomic E-state index is 12.5. The number of carbonyl (C=O) groups is 2. The smallest absolute Gasteiger partial charge is 0.315 e. The number of rotatable bonds is 5. The van der Waals surface area contributed by atoms with E-state index >= 15 is 0 Å². The number of carbonyl (C=O) groups excluding carboxylic acids is 2. The van der Waals surface area contributed by atoms with Crippen molar-refractivity contribution in [1.82, 2.24) is 15.5 Å². The van der Waals surface area contributed by atoms with Crippen LogP contribution in [0.15, 0.2) is 16.8 Å². The monoisotopic (exact) mass is 337 g/mol. The molecule has 1 aliphatic rings. The number of piperidine rings is 1. The van der Waals surface area contributed by atoms with Crippen LogP contribution in [-0.2, 0) is 11.2 Å². The van der Waals surface area contributed by atoms with Crippen molar-refractivity contribution in [3.8, 4) is 0 Å². The molecule has 23 heavy (non-hydrogen) atoms. The third-order valence-electron chi connectivity index (χ3n) is 4.30. The van der Waals surface area contributed by atoms with Gasteiger partial charge in [-0.1, -0.05) is 0 Å². The number of likely N-dealkylation sites (tertiary alicyclic amines) is 1. The van der Waals surface area contributed by atoms with E-state index < -0.39 is 6.04 Å². The Balaban J connectivity index is 1.78. The van der Waals surface area contributed by atoms with Crippen molar-refractivity contribution in [2.45, 2.75) is 64.6 Å². The molecule has 2 rings (SSSR count). The first-order chi connectivity index (χ1) is 11.0. The van der Waals surface area contributed by atoms with E-state index in [1.807, 2.05) is 17.2 Å². The molecule has 0 unspecified atom stereocenters. The number of thiophene rings is 1. The predicted octanol–water partition coefficient (Wildman–Crippen LogP) is 2.77. The van der Waals surface area contributed by atoms with Crippen molar-refractivity contribution in [1.29, 1.82) is 0 Å². The second-order valence-corrected chi connectivity index (χ2v) is 7.23. The number of hydrogen-bond acceptors (Lipinski definition) is 3. The van der Waals surface area contributed by atoms with E-state index in [0.29, 0.717) is 0 Å². The Bertz CT molecular complexity index is 518. The van der Waals surface area contributed by atoms with Gasteiger partial charge >= 0.3 is 6.03 Å². The third-order valence-corrected chi connectivity index (χ3v) is 5.04. The Kier molecular flexibility index (Phi) is 6.45. The van der Waals surface area contributed by atoms with Crippen molar-refractivity contribution >= 4 is 23.3 Å². The standard InChI is InChI=1S/C17H27N3O2S/c1-12(10-15-7-9-23-11-15)18-17(22)19-14(3)16(21)20-8-5-4-6-13(20)2/h7,9,11-14H,4-6,8,10H2,1-3H3,(H2,18,19,22)/t12-,13-,14-/m1/s1. The van der Waals surface area contributed by atoms with Gasteiger partial charge in [-0.15, -0.1) is 0 Å². The van der Waals surface area contributed by atoms with E-state index in [9.17, 15) is 9.59 Å². The summed E-state index contributed by atoms with van der Waals surface area (Å²) in [6.07, 6.45) is 4.06. The Labute approximate surface area is 142 Å². The van der Waals surface area contributed by atoms with Crippen LogP contribution in [-0.4, -0.2) is 41.5 Å². The molecule has 6 heteroatoms.